The standard InChI is InChI=1S/C45H42N2O4/c1-44(2,34-11-7-5-8-12-34)36-19-27-40(28-20-36)50-42(48)46-38-23-15-32(16-24-38)31-33-17-25-39(26-18-33)47-43(49)51-41-29-21-37(22-30-41)45(3,4)35-13-9-6-10-14-35/h5-30H,31H2,1-4H3,(H,46,48)(H,47,49). The maximum absolute atomic E-state index is 12.6. The number of amides is 2. The molecule has 0 saturated heterocycles. The molecule has 0 unspecified atom stereocenters. The minimum absolute atomic E-state index is 0.175. The van der Waals surface area contributed by atoms with E-state index in [9.17, 15) is 9.59 Å². The summed E-state index contributed by atoms with van der Waals surface area (Å²) in [4.78, 5) is 25.2. The van der Waals surface area contributed by atoms with Crippen molar-refractivity contribution < 1.29 is 19.1 Å². The van der Waals surface area contributed by atoms with Crippen molar-refractivity contribution in [3.05, 3.63) is 191 Å². The Labute approximate surface area is 300 Å². The maximum Gasteiger partial charge on any atom is 0.417 e. The molecule has 51 heavy (non-hydrogen) atoms. The van der Waals surface area contributed by atoms with Crippen LogP contribution in [0.15, 0.2) is 158 Å². The molecule has 0 heterocycles. The molecule has 0 bridgehead atoms. The Bertz CT molecular complexity index is 1900. The Balaban J connectivity index is 0.962. The minimum Gasteiger partial charge on any atom is -0.410 e. The zero-order chi connectivity index (χ0) is 35.8. The summed E-state index contributed by atoms with van der Waals surface area (Å²) in [6.45, 7) is 8.70. The van der Waals surface area contributed by atoms with E-state index >= 15 is 0 Å². The van der Waals surface area contributed by atoms with Gasteiger partial charge >= 0.3 is 12.2 Å². The highest BCUT2D eigenvalue weighted by molar-refractivity contribution is 5.87. The number of hydrogen-bond donors (Lipinski definition) is 2. The fraction of sp³-hybridized carbons (Fsp3) is 0.156. The van der Waals surface area contributed by atoms with Gasteiger partial charge in [0.05, 0.1) is 0 Å². The van der Waals surface area contributed by atoms with Gasteiger partial charge in [-0.25, -0.2) is 9.59 Å². The lowest BCUT2D eigenvalue weighted by Gasteiger charge is -2.26. The van der Waals surface area contributed by atoms with Crippen LogP contribution < -0.4 is 20.1 Å². The van der Waals surface area contributed by atoms with Crippen LogP contribution in [0.4, 0.5) is 21.0 Å². The van der Waals surface area contributed by atoms with Gasteiger partial charge in [0.1, 0.15) is 11.5 Å². The number of carbonyl (C=O) groups excluding carboxylic acids is 2. The van der Waals surface area contributed by atoms with Crippen LogP contribution in [0.25, 0.3) is 0 Å². The van der Waals surface area contributed by atoms with Crippen molar-refractivity contribution in [2.45, 2.75) is 44.9 Å². The highest BCUT2D eigenvalue weighted by Gasteiger charge is 2.24. The molecule has 0 fully saturated rings. The van der Waals surface area contributed by atoms with Crippen molar-refractivity contribution in [1.29, 1.82) is 0 Å². The van der Waals surface area contributed by atoms with Gasteiger partial charge in [0.25, 0.3) is 0 Å². The molecule has 0 radical (unpaired) electrons. The van der Waals surface area contributed by atoms with Crippen LogP contribution in [-0.4, -0.2) is 12.2 Å². The summed E-state index contributed by atoms with van der Waals surface area (Å²) in [5, 5.41) is 5.60. The van der Waals surface area contributed by atoms with E-state index in [0.29, 0.717) is 29.3 Å². The molecule has 0 aromatic heterocycles. The Kier molecular flexibility index (Phi) is 10.3. The summed E-state index contributed by atoms with van der Waals surface area (Å²) in [7, 11) is 0. The van der Waals surface area contributed by atoms with E-state index < -0.39 is 12.2 Å². The van der Waals surface area contributed by atoms with E-state index in [1.165, 1.54) is 11.1 Å². The van der Waals surface area contributed by atoms with Crippen molar-refractivity contribution in [2.75, 3.05) is 10.6 Å². The van der Waals surface area contributed by atoms with Gasteiger partial charge in [0, 0.05) is 22.2 Å². The first-order chi connectivity index (χ1) is 24.6. The van der Waals surface area contributed by atoms with Gasteiger partial charge in [0.15, 0.2) is 0 Å². The number of benzene rings is 6. The molecule has 6 nitrogen and oxygen atoms in total. The fourth-order valence-corrected chi connectivity index (χ4v) is 6.07. The molecule has 6 aromatic carbocycles. The van der Waals surface area contributed by atoms with Gasteiger partial charge in [-0.1, -0.05) is 137 Å². The third-order valence-corrected chi connectivity index (χ3v) is 9.37. The zero-order valence-electron chi connectivity index (χ0n) is 29.4. The number of carbonyl (C=O) groups is 2. The Morgan fingerprint density at radius 1 is 0.431 bits per heavy atom. The molecular formula is C45H42N2O4. The topological polar surface area (TPSA) is 76.7 Å². The van der Waals surface area contributed by atoms with Crippen molar-refractivity contribution in [2.24, 2.45) is 0 Å². The van der Waals surface area contributed by atoms with Gasteiger partial charge in [-0.05, 0) is 88.3 Å². The molecule has 256 valence electrons. The maximum atomic E-state index is 12.6. The first-order valence-electron chi connectivity index (χ1n) is 17.0. The molecule has 0 aliphatic rings. The first kappa shape index (κ1) is 34.7. The summed E-state index contributed by atoms with van der Waals surface area (Å²) in [5.41, 5.74) is 7.77. The van der Waals surface area contributed by atoms with E-state index in [2.05, 4.69) is 62.6 Å². The third-order valence-electron chi connectivity index (χ3n) is 9.37. The smallest absolute Gasteiger partial charge is 0.410 e. The van der Waals surface area contributed by atoms with Gasteiger partial charge in [-0.2, -0.15) is 0 Å². The third kappa shape index (κ3) is 8.72. The highest BCUT2D eigenvalue weighted by atomic mass is 16.6. The van der Waals surface area contributed by atoms with E-state index in [1.54, 1.807) is 0 Å². The Morgan fingerprint density at radius 2 is 0.745 bits per heavy atom. The summed E-state index contributed by atoms with van der Waals surface area (Å²) in [6.07, 6.45) is -0.417. The lowest BCUT2D eigenvalue weighted by Crippen LogP contribution is -2.19. The van der Waals surface area contributed by atoms with Gasteiger partial charge in [-0.3, -0.25) is 10.6 Å². The van der Waals surface area contributed by atoms with Crippen LogP contribution in [-0.2, 0) is 17.3 Å². The van der Waals surface area contributed by atoms with Gasteiger partial charge in [0.2, 0.25) is 0 Å². The zero-order valence-corrected chi connectivity index (χ0v) is 29.4. The predicted molar refractivity (Wildman–Crippen MR) is 205 cm³/mol. The van der Waals surface area contributed by atoms with Crippen molar-refractivity contribution in [3.8, 4) is 11.5 Å². The molecule has 0 spiro atoms. The Morgan fingerprint density at radius 3 is 1.08 bits per heavy atom. The van der Waals surface area contributed by atoms with Crippen molar-refractivity contribution in [1.82, 2.24) is 0 Å². The quantitative estimate of drug-likeness (QED) is 0.152. The lowest BCUT2D eigenvalue weighted by atomic mass is 9.78. The normalized spacial score (nSPS) is 11.4. The molecular weight excluding hydrogens is 633 g/mol. The van der Waals surface area contributed by atoms with Crippen LogP contribution in [0.3, 0.4) is 0 Å². The molecule has 6 heteroatoms. The van der Waals surface area contributed by atoms with E-state index in [0.717, 1.165) is 22.3 Å². The molecule has 0 saturated carbocycles. The largest absolute Gasteiger partial charge is 0.417 e. The molecule has 0 aliphatic carbocycles. The monoisotopic (exact) mass is 674 g/mol. The minimum atomic E-state index is -0.552. The summed E-state index contributed by atoms with van der Waals surface area (Å²) in [5.74, 6) is 0.945. The number of anilines is 2. The predicted octanol–water partition coefficient (Wildman–Crippen LogP) is 11.2. The fourth-order valence-electron chi connectivity index (χ4n) is 6.07. The SMILES string of the molecule is CC(C)(c1ccccc1)c1ccc(OC(=O)Nc2ccc(Cc3ccc(NC(=O)Oc4ccc(C(C)(C)c5ccccc5)cc4)cc3)cc2)cc1. The number of ether oxygens (including phenoxy) is 2. The van der Waals surface area contributed by atoms with E-state index in [1.807, 2.05) is 133 Å². The van der Waals surface area contributed by atoms with Crippen LogP contribution in [0.2, 0.25) is 0 Å². The van der Waals surface area contributed by atoms with Crippen LogP contribution in [0.1, 0.15) is 61.1 Å². The molecule has 6 aromatic rings. The van der Waals surface area contributed by atoms with Crippen molar-refractivity contribution in [3.63, 3.8) is 0 Å². The van der Waals surface area contributed by atoms with E-state index in [-0.39, 0.29) is 10.8 Å². The molecule has 0 atom stereocenters. The molecule has 2 N–H and O–H groups in total. The summed E-state index contributed by atoms with van der Waals surface area (Å²) in [6, 6.07) is 51.1. The van der Waals surface area contributed by atoms with Crippen molar-refractivity contribution >= 4 is 23.6 Å². The van der Waals surface area contributed by atoms with Crippen LogP contribution >= 0.6 is 0 Å². The lowest BCUT2D eigenvalue weighted by molar-refractivity contribution is 0.214. The average molecular weight is 675 g/mol. The second-order valence-corrected chi connectivity index (χ2v) is 13.6. The summed E-state index contributed by atoms with van der Waals surface area (Å²) < 4.78 is 11.1. The number of rotatable bonds is 10. The number of hydrogen-bond acceptors (Lipinski definition) is 4. The van der Waals surface area contributed by atoms with Gasteiger partial charge < -0.3 is 9.47 Å². The number of nitrogens with one attached hydrogen (secondary N) is 2. The molecule has 2 amide bonds. The van der Waals surface area contributed by atoms with Crippen LogP contribution in [0, 0.1) is 0 Å². The Hall–Kier alpha value is -6.14. The second kappa shape index (κ2) is 15.2. The average Bonchev–Trinajstić information content (AvgIpc) is 3.14. The first-order valence-corrected chi connectivity index (χ1v) is 17.0. The van der Waals surface area contributed by atoms with Crippen LogP contribution in [0.5, 0.6) is 11.5 Å². The van der Waals surface area contributed by atoms with E-state index in [4.69, 9.17) is 9.47 Å². The van der Waals surface area contributed by atoms with Gasteiger partial charge in [-0.15, -0.1) is 0 Å². The molecule has 0 aliphatic heterocycles. The second-order valence-electron chi connectivity index (χ2n) is 13.6. The highest BCUT2D eigenvalue weighted by Crippen LogP contribution is 2.33. The molecule has 6 rings (SSSR count). The summed E-state index contributed by atoms with van der Waals surface area (Å²) >= 11 is 0.